The van der Waals surface area contributed by atoms with E-state index in [0.717, 1.165) is 16.6 Å². The number of alkyl halides is 1. The van der Waals surface area contributed by atoms with Crippen molar-refractivity contribution in [3.05, 3.63) is 42.0 Å². The van der Waals surface area contributed by atoms with Crippen LogP contribution >= 0.6 is 15.9 Å². The molecule has 4 nitrogen and oxygen atoms in total. The van der Waals surface area contributed by atoms with Crippen molar-refractivity contribution in [2.75, 3.05) is 0 Å². The van der Waals surface area contributed by atoms with E-state index in [0.29, 0.717) is 6.54 Å². The van der Waals surface area contributed by atoms with E-state index < -0.39 is 0 Å². The molecule has 2 aromatic heterocycles. The van der Waals surface area contributed by atoms with Crippen LogP contribution in [-0.2, 0) is 11.9 Å². The van der Waals surface area contributed by atoms with Crippen molar-refractivity contribution in [1.29, 1.82) is 0 Å². The largest absolute Gasteiger partial charge is 0.264 e. The molecular formula is C9H9BrN4. The minimum absolute atomic E-state index is 0.716. The first kappa shape index (κ1) is 9.33. The molecule has 0 spiro atoms. The second-order valence-corrected chi connectivity index (χ2v) is 3.46. The zero-order chi connectivity index (χ0) is 9.80. The van der Waals surface area contributed by atoms with E-state index in [9.17, 15) is 0 Å². The van der Waals surface area contributed by atoms with E-state index >= 15 is 0 Å². The van der Waals surface area contributed by atoms with Gasteiger partial charge in [-0.3, -0.25) is 4.98 Å². The zero-order valence-corrected chi connectivity index (χ0v) is 9.05. The van der Waals surface area contributed by atoms with Gasteiger partial charge in [0.05, 0.1) is 12.2 Å². The lowest BCUT2D eigenvalue weighted by Crippen LogP contribution is -2.00. The van der Waals surface area contributed by atoms with Gasteiger partial charge >= 0.3 is 0 Å². The maximum Gasteiger partial charge on any atom is 0.0932 e. The van der Waals surface area contributed by atoms with Gasteiger partial charge in [0.1, 0.15) is 0 Å². The Hall–Kier alpha value is -1.23. The molecule has 0 atom stereocenters. The van der Waals surface area contributed by atoms with Crippen LogP contribution in [0.15, 0.2) is 30.7 Å². The summed E-state index contributed by atoms with van der Waals surface area (Å²) in [4.78, 5) is 4.04. The summed E-state index contributed by atoms with van der Waals surface area (Å²) in [5, 5.41) is 8.70. The highest BCUT2D eigenvalue weighted by atomic mass is 79.9. The van der Waals surface area contributed by atoms with Gasteiger partial charge in [0.2, 0.25) is 0 Å². The van der Waals surface area contributed by atoms with Crippen LogP contribution in [0.4, 0.5) is 0 Å². The molecule has 0 fully saturated rings. The lowest BCUT2D eigenvalue weighted by molar-refractivity contribution is 0.648. The SMILES string of the molecule is BrCc1cn(Cc2cccnc2)nn1. The molecule has 0 amide bonds. The van der Waals surface area contributed by atoms with E-state index in [4.69, 9.17) is 0 Å². The first-order chi connectivity index (χ1) is 6.88. The van der Waals surface area contributed by atoms with Crippen LogP contribution < -0.4 is 0 Å². The van der Waals surface area contributed by atoms with Crippen molar-refractivity contribution >= 4 is 15.9 Å². The summed E-state index contributed by atoms with van der Waals surface area (Å²) in [6, 6.07) is 3.93. The predicted molar refractivity (Wildman–Crippen MR) is 56.0 cm³/mol. The number of hydrogen-bond donors (Lipinski definition) is 0. The second-order valence-electron chi connectivity index (χ2n) is 2.90. The van der Waals surface area contributed by atoms with Gasteiger partial charge in [0.15, 0.2) is 0 Å². The van der Waals surface area contributed by atoms with Crippen LogP contribution in [-0.4, -0.2) is 20.0 Å². The maximum absolute atomic E-state index is 4.04. The zero-order valence-electron chi connectivity index (χ0n) is 7.47. The molecule has 0 saturated heterocycles. The van der Waals surface area contributed by atoms with Crippen LogP contribution in [0.5, 0.6) is 0 Å². The fourth-order valence-electron chi connectivity index (χ4n) is 1.16. The van der Waals surface area contributed by atoms with E-state index in [1.807, 2.05) is 24.5 Å². The number of pyridine rings is 1. The number of halogens is 1. The van der Waals surface area contributed by atoms with Crippen molar-refractivity contribution in [3.63, 3.8) is 0 Å². The molecule has 0 unspecified atom stereocenters. The average molecular weight is 253 g/mol. The molecule has 2 heterocycles. The van der Waals surface area contributed by atoms with Crippen molar-refractivity contribution in [1.82, 2.24) is 20.0 Å². The van der Waals surface area contributed by atoms with Crippen molar-refractivity contribution in [2.24, 2.45) is 0 Å². The normalized spacial score (nSPS) is 10.4. The summed E-state index contributed by atoms with van der Waals surface area (Å²) in [5.41, 5.74) is 2.06. The molecule has 0 bridgehead atoms. The fraction of sp³-hybridized carbons (Fsp3) is 0.222. The van der Waals surface area contributed by atoms with Gasteiger partial charge in [-0.05, 0) is 11.6 Å². The van der Waals surface area contributed by atoms with Crippen LogP contribution in [0.2, 0.25) is 0 Å². The van der Waals surface area contributed by atoms with E-state index in [1.165, 1.54) is 0 Å². The second kappa shape index (κ2) is 4.32. The number of hydrogen-bond acceptors (Lipinski definition) is 3. The molecule has 14 heavy (non-hydrogen) atoms. The molecule has 0 aromatic carbocycles. The number of aromatic nitrogens is 4. The first-order valence-electron chi connectivity index (χ1n) is 4.22. The van der Waals surface area contributed by atoms with Crippen molar-refractivity contribution in [2.45, 2.75) is 11.9 Å². The fourth-order valence-corrected chi connectivity index (χ4v) is 1.41. The third-order valence-electron chi connectivity index (χ3n) is 1.79. The van der Waals surface area contributed by atoms with E-state index in [1.54, 1.807) is 10.9 Å². The third kappa shape index (κ3) is 2.17. The van der Waals surface area contributed by atoms with Crippen LogP contribution in [0.25, 0.3) is 0 Å². The molecule has 5 heteroatoms. The molecule has 72 valence electrons. The van der Waals surface area contributed by atoms with Gasteiger partial charge < -0.3 is 0 Å². The Labute approximate surface area is 90.1 Å². The highest BCUT2D eigenvalue weighted by Gasteiger charge is 1.99. The highest BCUT2D eigenvalue weighted by molar-refractivity contribution is 9.08. The molecule has 0 radical (unpaired) electrons. The lowest BCUT2D eigenvalue weighted by Gasteiger charge is -1.98. The van der Waals surface area contributed by atoms with Gasteiger partial charge in [-0.15, -0.1) is 5.10 Å². The van der Waals surface area contributed by atoms with E-state index in [-0.39, 0.29) is 0 Å². The Kier molecular flexibility index (Phi) is 2.88. The summed E-state index contributed by atoms with van der Waals surface area (Å²) in [6.45, 7) is 0.716. The first-order valence-corrected chi connectivity index (χ1v) is 5.34. The summed E-state index contributed by atoms with van der Waals surface area (Å²) in [7, 11) is 0. The molecular weight excluding hydrogens is 244 g/mol. The third-order valence-corrected chi connectivity index (χ3v) is 2.36. The molecule has 0 aliphatic heterocycles. The Morgan fingerprint density at radius 1 is 1.43 bits per heavy atom. The van der Waals surface area contributed by atoms with Gasteiger partial charge in [-0.2, -0.15) is 0 Å². The monoisotopic (exact) mass is 252 g/mol. The molecule has 0 N–H and O–H groups in total. The maximum atomic E-state index is 4.04. The minimum atomic E-state index is 0.716. The lowest BCUT2D eigenvalue weighted by atomic mass is 10.3. The minimum Gasteiger partial charge on any atom is -0.264 e. The topological polar surface area (TPSA) is 43.6 Å². The Morgan fingerprint density at radius 3 is 3.00 bits per heavy atom. The van der Waals surface area contributed by atoms with Crippen LogP contribution in [0.3, 0.4) is 0 Å². The average Bonchev–Trinajstić information content (AvgIpc) is 2.67. The molecule has 0 saturated carbocycles. The Balaban J connectivity index is 2.11. The van der Waals surface area contributed by atoms with Gasteiger partial charge in [-0.25, -0.2) is 4.68 Å². The molecule has 0 aliphatic rings. The van der Waals surface area contributed by atoms with Crippen molar-refractivity contribution < 1.29 is 0 Å². The Bertz CT molecular complexity index is 398. The summed E-state index contributed by atoms with van der Waals surface area (Å²) >= 11 is 3.33. The Morgan fingerprint density at radius 2 is 2.36 bits per heavy atom. The number of nitrogens with zero attached hydrogens (tertiary/aromatic N) is 4. The highest BCUT2D eigenvalue weighted by Crippen LogP contribution is 2.02. The van der Waals surface area contributed by atoms with Gasteiger partial charge in [-0.1, -0.05) is 27.2 Å². The summed E-state index contributed by atoms with van der Waals surface area (Å²) in [6.07, 6.45) is 5.51. The molecule has 2 aromatic rings. The van der Waals surface area contributed by atoms with Crippen LogP contribution in [0, 0.1) is 0 Å². The predicted octanol–water partition coefficient (Wildman–Crippen LogP) is 1.62. The van der Waals surface area contributed by atoms with E-state index in [2.05, 4.69) is 31.2 Å². The molecule has 2 rings (SSSR count). The van der Waals surface area contributed by atoms with Crippen molar-refractivity contribution in [3.8, 4) is 0 Å². The summed E-state index contributed by atoms with van der Waals surface area (Å²) < 4.78 is 1.80. The molecule has 0 aliphatic carbocycles. The summed E-state index contributed by atoms with van der Waals surface area (Å²) in [5.74, 6) is 0. The smallest absolute Gasteiger partial charge is 0.0932 e. The van der Waals surface area contributed by atoms with Crippen LogP contribution in [0.1, 0.15) is 11.3 Å². The quantitative estimate of drug-likeness (QED) is 0.780. The standard InChI is InChI=1S/C9H9BrN4/c10-4-9-7-14(13-12-9)6-8-2-1-3-11-5-8/h1-3,5,7H,4,6H2. The van der Waals surface area contributed by atoms with Gasteiger partial charge in [0, 0.05) is 23.9 Å². The van der Waals surface area contributed by atoms with Gasteiger partial charge in [0.25, 0.3) is 0 Å². The number of rotatable bonds is 3.